The zero-order valence-corrected chi connectivity index (χ0v) is 10.6. The van der Waals surface area contributed by atoms with Gasteiger partial charge in [-0.3, -0.25) is 9.48 Å². The SMILES string of the molecule is Cc1nn(CC(=O)N2CCCC2)c(C)c1CN. The molecule has 17 heavy (non-hydrogen) atoms. The molecule has 1 saturated heterocycles. The predicted molar refractivity (Wildman–Crippen MR) is 65.4 cm³/mol. The third-order valence-corrected chi connectivity index (χ3v) is 3.48. The maximum Gasteiger partial charge on any atom is 0.244 e. The van der Waals surface area contributed by atoms with Crippen molar-refractivity contribution < 1.29 is 4.79 Å². The lowest BCUT2D eigenvalue weighted by Gasteiger charge is -2.15. The first-order chi connectivity index (χ1) is 8.13. The zero-order chi connectivity index (χ0) is 12.4. The summed E-state index contributed by atoms with van der Waals surface area (Å²) < 4.78 is 1.78. The molecule has 0 bridgehead atoms. The molecular weight excluding hydrogens is 216 g/mol. The number of aryl methyl sites for hydroxylation is 1. The van der Waals surface area contributed by atoms with Gasteiger partial charge in [0.2, 0.25) is 5.91 Å². The summed E-state index contributed by atoms with van der Waals surface area (Å²) in [6.45, 7) is 6.51. The van der Waals surface area contributed by atoms with Crippen LogP contribution in [-0.4, -0.2) is 33.7 Å². The highest BCUT2D eigenvalue weighted by molar-refractivity contribution is 5.76. The summed E-state index contributed by atoms with van der Waals surface area (Å²) in [5.41, 5.74) is 8.67. The van der Waals surface area contributed by atoms with Crippen molar-refractivity contribution in [3.05, 3.63) is 17.0 Å². The number of nitrogens with zero attached hydrogens (tertiary/aromatic N) is 3. The minimum atomic E-state index is 0.164. The molecule has 1 aromatic heterocycles. The van der Waals surface area contributed by atoms with Gasteiger partial charge in [-0.1, -0.05) is 0 Å². The number of likely N-dealkylation sites (tertiary alicyclic amines) is 1. The number of hydrogen-bond donors (Lipinski definition) is 1. The van der Waals surface area contributed by atoms with Gasteiger partial charge >= 0.3 is 0 Å². The van der Waals surface area contributed by atoms with E-state index in [1.54, 1.807) is 4.68 Å². The van der Waals surface area contributed by atoms with Crippen LogP contribution in [0.4, 0.5) is 0 Å². The Morgan fingerprint density at radius 2 is 2.00 bits per heavy atom. The van der Waals surface area contributed by atoms with E-state index >= 15 is 0 Å². The van der Waals surface area contributed by atoms with Gasteiger partial charge in [-0.05, 0) is 26.7 Å². The molecule has 0 aliphatic carbocycles. The van der Waals surface area contributed by atoms with E-state index < -0.39 is 0 Å². The van der Waals surface area contributed by atoms with Crippen LogP contribution in [0.2, 0.25) is 0 Å². The zero-order valence-electron chi connectivity index (χ0n) is 10.6. The molecule has 0 unspecified atom stereocenters. The highest BCUT2D eigenvalue weighted by atomic mass is 16.2. The van der Waals surface area contributed by atoms with Gasteiger partial charge in [0, 0.05) is 30.9 Å². The normalized spacial score (nSPS) is 15.6. The number of hydrogen-bond acceptors (Lipinski definition) is 3. The van der Waals surface area contributed by atoms with Crippen LogP contribution in [0.25, 0.3) is 0 Å². The quantitative estimate of drug-likeness (QED) is 0.835. The van der Waals surface area contributed by atoms with Crippen LogP contribution in [0.3, 0.4) is 0 Å². The second-order valence-electron chi connectivity index (χ2n) is 4.60. The van der Waals surface area contributed by atoms with Crippen molar-refractivity contribution in [3.8, 4) is 0 Å². The summed E-state index contributed by atoms with van der Waals surface area (Å²) in [5.74, 6) is 0.164. The first kappa shape index (κ1) is 12.1. The van der Waals surface area contributed by atoms with Crippen LogP contribution in [0.1, 0.15) is 29.8 Å². The number of carbonyl (C=O) groups excluding carboxylic acids is 1. The van der Waals surface area contributed by atoms with Crippen molar-refractivity contribution in [1.29, 1.82) is 0 Å². The number of aromatic nitrogens is 2. The lowest BCUT2D eigenvalue weighted by Crippen LogP contribution is -2.31. The fourth-order valence-corrected chi connectivity index (χ4v) is 2.38. The summed E-state index contributed by atoms with van der Waals surface area (Å²) >= 11 is 0. The minimum Gasteiger partial charge on any atom is -0.341 e. The van der Waals surface area contributed by atoms with E-state index in [0.717, 1.165) is 42.9 Å². The Kier molecular flexibility index (Phi) is 3.47. The molecule has 5 nitrogen and oxygen atoms in total. The Labute approximate surface area is 102 Å². The smallest absolute Gasteiger partial charge is 0.244 e. The maximum absolute atomic E-state index is 12.0. The Morgan fingerprint density at radius 3 is 2.53 bits per heavy atom. The highest BCUT2D eigenvalue weighted by Gasteiger charge is 2.20. The second kappa shape index (κ2) is 4.87. The molecule has 1 aliphatic rings. The highest BCUT2D eigenvalue weighted by Crippen LogP contribution is 2.13. The Bertz CT molecular complexity index is 418. The van der Waals surface area contributed by atoms with Crippen LogP contribution in [0.15, 0.2) is 0 Å². The summed E-state index contributed by atoms with van der Waals surface area (Å²) in [6.07, 6.45) is 2.24. The molecular formula is C12H20N4O. The summed E-state index contributed by atoms with van der Waals surface area (Å²) in [5, 5.41) is 4.38. The van der Waals surface area contributed by atoms with Gasteiger partial charge in [0.15, 0.2) is 0 Å². The second-order valence-corrected chi connectivity index (χ2v) is 4.60. The fourth-order valence-electron chi connectivity index (χ4n) is 2.38. The predicted octanol–water partition coefficient (Wildman–Crippen LogP) is 0.581. The fraction of sp³-hybridized carbons (Fsp3) is 0.667. The maximum atomic E-state index is 12.0. The number of nitrogens with two attached hydrogens (primary N) is 1. The van der Waals surface area contributed by atoms with E-state index in [1.807, 2.05) is 18.7 Å². The number of carbonyl (C=O) groups is 1. The van der Waals surface area contributed by atoms with Crippen molar-refractivity contribution in [3.63, 3.8) is 0 Å². The van der Waals surface area contributed by atoms with Gasteiger partial charge in [0.1, 0.15) is 6.54 Å². The molecule has 0 aromatic carbocycles. The van der Waals surface area contributed by atoms with Crippen molar-refractivity contribution in [2.45, 2.75) is 39.8 Å². The van der Waals surface area contributed by atoms with E-state index in [0.29, 0.717) is 13.1 Å². The molecule has 5 heteroatoms. The van der Waals surface area contributed by atoms with Gasteiger partial charge in [-0.15, -0.1) is 0 Å². The molecule has 0 radical (unpaired) electrons. The molecule has 94 valence electrons. The van der Waals surface area contributed by atoms with Crippen LogP contribution < -0.4 is 5.73 Å². The summed E-state index contributed by atoms with van der Waals surface area (Å²) in [7, 11) is 0. The molecule has 1 aliphatic heterocycles. The van der Waals surface area contributed by atoms with E-state index in [-0.39, 0.29) is 5.91 Å². The van der Waals surface area contributed by atoms with Crippen molar-refractivity contribution in [2.24, 2.45) is 5.73 Å². The third-order valence-electron chi connectivity index (χ3n) is 3.48. The Balaban J connectivity index is 2.10. The minimum absolute atomic E-state index is 0.164. The lowest BCUT2D eigenvalue weighted by molar-refractivity contribution is -0.130. The topological polar surface area (TPSA) is 64.2 Å². The molecule has 2 N–H and O–H groups in total. The van der Waals surface area contributed by atoms with Crippen LogP contribution in [0, 0.1) is 13.8 Å². The van der Waals surface area contributed by atoms with Gasteiger partial charge in [0.05, 0.1) is 5.69 Å². The van der Waals surface area contributed by atoms with Gasteiger partial charge in [-0.2, -0.15) is 5.10 Å². The lowest BCUT2D eigenvalue weighted by atomic mass is 10.2. The van der Waals surface area contributed by atoms with Crippen molar-refractivity contribution in [1.82, 2.24) is 14.7 Å². The number of rotatable bonds is 3. The monoisotopic (exact) mass is 236 g/mol. The average Bonchev–Trinajstić information content (AvgIpc) is 2.89. The van der Waals surface area contributed by atoms with Crippen LogP contribution in [-0.2, 0) is 17.9 Å². The first-order valence-electron chi connectivity index (χ1n) is 6.14. The average molecular weight is 236 g/mol. The van der Waals surface area contributed by atoms with Crippen LogP contribution >= 0.6 is 0 Å². The van der Waals surface area contributed by atoms with E-state index in [9.17, 15) is 4.79 Å². The van der Waals surface area contributed by atoms with Crippen LogP contribution in [0.5, 0.6) is 0 Å². The van der Waals surface area contributed by atoms with Gasteiger partial charge < -0.3 is 10.6 Å². The summed E-state index contributed by atoms with van der Waals surface area (Å²) in [6, 6.07) is 0. The number of amides is 1. The molecule has 2 rings (SSSR count). The first-order valence-corrected chi connectivity index (χ1v) is 6.14. The van der Waals surface area contributed by atoms with Crippen molar-refractivity contribution in [2.75, 3.05) is 13.1 Å². The standard InChI is InChI=1S/C12H20N4O/c1-9-11(7-13)10(2)16(14-9)8-12(17)15-5-3-4-6-15/h3-8,13H2,1-2H3. The molecule has 2 heterocycles. The third kappa shape index (κ3) is 2.34. The Morgan fingerprint density at radius 1 is 1.35 bits per heavy atom. The molecule has 0 atom stereocenters. The Hall–Kier alpha value is -1.36. The molecule has 0 spiro atoms. The molecule has 1 fully saturated rings. The molecule has 1 aromatic rings. The summed E-state index contributed by atoms with van der Waals surface area (Å²) in [4.78, 5) is 13.9. The van der Waals surface area contributed by atoms with E-state index in [1.165, 1.54) is 0 Å². The molecule has 1 amide bonds. The largest absolute Gasteiger partial charge is 0.341 e. The van der Waals surface area contributed by atoms with E-state index in [2.05, 4.69) is 5.10 Å². The van der Waals surface area contributed by atoms with Crippen molar-refractivity contribution >= 4 is 5.91 Å². The molecule has 0 saturated carbocycles. The van der Waals surface area contributed by atoms with E-state index in [4.69, 9.17) is 5.73 Å². The van der Waals surface area contributed by atoms with Gasteiger partial charge in [0.25, 0.3) is 0 Å². The van der Waals surface area contributed by atoms with Gasteiger partial charge in [-0.25, -0.2) is 0 Å².